The monoisotopic (exact) mass is 314 g/mol. The van der Waals surface area contributed by atoms with Crippen LogP contribution in [-0.4, -0.2) is 16.6 Å². The van der Waals surface area contributed by atoms with Gasteiger partial charge in [-0.3, -0.25) is 0 Å². The zero-order chi connectivity index (χ0) is 14.7. The van der Waals surface area contributed by atoms with E-state index >= 15 is 0 Å². The van der Waals surface area contributed by atoms with Crippen molar-refractivity contribution in [2.75, 3.05) is 6.61 Å². The summed E-state index contributed by atoms with van der Waals surface area (Å²) < 4.78 is 18.4. The Labute approximate surface area is 126 Å². The molecule has 0 saturated heterocycles. The van der Waals surface area contributed by atoms with Crippen LogP contribution in [0.25, 0.3) is 11.1 Å². The highest BCUT2D eigenvalue weighted by Crippen LogP contribution is 2.33. The molecule has 0 fully saturated rings. The summed E-state index contributed by atoms with van der Waals surface area (Å²) in [5.74, 6) is 0.0937. The summed E-state index contributed by atoms with van der Waals surface area (Å²) in [4.78, 5) is 8.40. The SMILES string of the molecule is CCOC(C)c1nc(Cl)c(-c2ccc(F)cc2)c(Cl)n1. The second-order valence-electron chi connectivity index (χ2n) is 4.14. The van der Waals surface area contributed by atoms with Gasteiger partial charge in [-0.15, -0.1) is 0 Å². The van der Waals surface area contributed by atoms with Gasteiger partial charge in [-0.2, -0.15) is 0 Å². The molecule has 0 aliphatic carbocycles. The van der Waals surface area contributed by atoms with Gasteiger partial charge in [0.1, 0.15) is 22.2 Å². The van der Waals surface area contributed by atoms with Crippen LogP contribution in [0.3, 0.4) is 0 Å². The Morgan fingerprint density at radius 2 is 1.70 bits per heavy atom. The fraction of sp³-hybridized carbons (Fsp3) is 0.286. The molecule has 1 aromatic carbocycles. The second kappa shape index (κ2) is 6.48. The molecule has 1 unspecified atom stereocenters. The van der Waals surface area contributed by atoms with Crippen LogP contribution in [0.2, 0.25) is 10.3 Å². The Morgan fingerprint density at radius 1 is 1.15 bits per heavy atom. The fourth-order valence-corrected chi connectivity index (χ4v) is 2.40. The topological polar surface area (TPSA) is 35.0 Å². The third kappa shape index (κ3) is 3.26. The molecule has 3 nitrogen and oxygen atoms in total. The zero-order valence-electron chi connectivity index (χ0n) is 11.0. The molecule has 0 aliphatic rings. The van der Waals surface area contributed by atoms with E-state index in [2.05, 4.69) is 9.97 Å². The van der Waals surface area contributed by atoms with Gasteiger partial charge >= 0.3 is 0 Å². The normalized spacial score (nSPS) is 12.4. The van der Waals surface area contributed by atoms with Gasteiger partial charge in [-0.25, -0.2) is 14.4 Å². The van der Waals surface area contributed by atoms with Gasteiger partial charge in [0.15, 0.2) is 5.82 Å². The van der Waals surface area contributed by atoms with Crippen LogP contribution in [0.1, 0.15) is 25.8 Å². The van der Waals surface area contributed by atoms with Crippen LogP contribution in [-0.2, 0) is 4.74 Å². The van der Waals surface area contributed by atoms with E-state index in [1.54, 1.807) is 12.1 Å². The molecule has 0 bridgehead atoms. The van der Waals surface area contributed by atoms with Crippen molar-refractivity contribution in [3.05, 3.63) is 46.2 Å². The Balaban J connectivity index is 2.43. The highest BCUT2D eigenvalue weighted by Gasteiger charge is 2.17. The predicted octanol–water partition coefficient (Wildman–Crippen LogP) is 4.69. The average Bonchev–Trinajstić information content (AvgIpc) is 2.40. The predicted molar refractivity (Wildman–Crippen MR) is 77.5 cm³/mol. The molecule has 0 saturated carbocycles. The number of hydrogen-bond donors (Lipinski definition) is 0. The minimum Gasteiger partial charge on any atom is -0.371 e. The number of aromatic nitrogens is 2. The molecule has 20 heavy (non-hydrogen) atoms. The van der Waals surface area contributed by atoms with Gasteiger partial charge in [0.05, 0.1) is 5.56 Å². The third-order valence-corrected chi connectivity index (χ3v) is 3.30. The summed E-state index contributed by atoms with van der Waals surface area (Å²) in [6.07, 6.45) is -0.294. The van der Waals surface area contributed by atoms with Crippen molar-refractivity contribution in [1.29, 1.82) is 0 Å². The van der Waals surface area contributed by atoms with E-state index in [0.29, 0.717) is 23.6 Å². The van der Waals surface area contributed by atoms with Crippen LogP contribution in [0, 0.1) is 5.82 Å². The molecule has 0 amide bonds. The van der Waals surface area contributed by atoms with Gasteiger partial charge in [-0.1, -0.05) is 35.3 Å². The van der Waals surface area contributed by atoms with Crippen LogP contribution in [0.15, 0.2) is 24.3 Å². The van der Waals surface area contributed by atoms with E-state index in [0.717, 1.165) is 0 Å². The van der Waals surface area contributed by atoms with Crippen molar-refractivity contribution in [3.8, 4) is 11.1 Å². The Morgan fingerprint density at radius 3 is 2.20 bits per heavy atom. The molecular weight excluding hydrogens is 302 g/mol. The molecule has 2 rings (SSSR count). The molecule has 0 radical (unpaired) electrons. The molecule has 0 aliphatic heterocycles. The molecule has 1 heterocycles. The minimum atomic E-state index is -0.330. The smallest absolute Gasteiger partial charge is 0.160 e. The van der Waals surface area contributed by atoms with Gasteiger partial charge in [0, 0.05) is 6.61 Å². The average molecular weight is 315 g/mol. The number of halogens is 3. The molecule has 6 heteroatoms. The number of benzene rings is 1. The lowest BCUT2D eigenvalue weighted by Crippen LogP contribution is -2.06. The standard InChI is InChI=1S/C14H13Cl2FN2O/c1-3-20-8(2)14-18-12(15)11(13(16)19-14)9-4-6-10(17)7-5-9/h4-8H,3H2,1-2H3. The Bertz CT molecular complexity index is 582. The summed E-state index contributed by atoms with van der Waals surface area (Å²) in [7, 11) is 0. The highest BCUT2D eigenvalue weighted by molar-refractivity contribution is 6.37. The first-order valence-electron chi connectivity index (χ1n) is 6.13. The van der Waals surface area contributed by atoms with Crippen LogP contribution >= 0.6 is 23.2 Å². The Hall–Kier alpha value is -1.23. The van der Waals surface area contributed by atoms with E-state index in [4.69, 9.17) is 27.9 Å². The van der Waals surface area contributed by atoms with Crippen molar-refractivity contribution >= 4 is 23.2 Å². The third-order valence-electron chi connectivity index (χ3n) is 2.75. The molecule has 2 aromatic rings. The van der Waals surface area contributed by atoms with Gasteiger partial charge in [0.2, 0.25) is 0 Å². The second-order valence-corrected chi connectivity index (χ2v) is 4.86. The first-order valence-corrected chi connectivity index (χ1v) is 6.89. The minimum absolute atomic E-state index is 0.221. The van der Waals surface area contributed by atoms with Crippen molar-refractivity contribution in [3.63, 3.8) is 0 Å². The van der Waals surface area contributed by atoms with Crippen molar-refractivity contribution in [2.45, 2.75) is 20.0 Å². The molecule has 106 valence electrons. The number of ether oxygens (including phenoxy) is 1. The molecule has 0 spiro atoms. The number of nitrogens with zero attached hydrogens (tertiary/aromatic N) is 2. The summed E-state index contributed by atoms with van der Waals surface area (Å²) in [6.45, 7) is 4.25. The van der Waals surface area contributed by atoms with Gasteiger partial charge in [-0.05, 0) is 31.5 Å². The maximum atomic E-state index is 12.9. The Kier molecular flexibility index (Phi) is 4.91. The van der Waals surface area contributed by atoms with E-state index in [1.807, 2.05) is 13.8 Å². The number of rotatable bonds is 4. The summed E-state index contributed by atoms with van der Waals surface area (Å²) in [5, 5.41) is 0.441. The first-order chi connectivity index (χ1) is 9.52. The van der Waals surface area contributed by atoms with E-state index < -0.39 is 0 Å². The van der Waals surface area contributed by atoms with Crippen LogP contribution < -0.4 is 0 Å². The maximum Gasteiger partial charge on any atom is 0.160 e. The number of hydrogen-bond acceptors (Lipinski definition) is 3. The van der Waals surface area contributed by atoms with Gasteiger partial charge < -0.3 is 4.74 Å². The quantitative estimate of drug-likeness (QED) is 0.768. The highest BCUT2D eigenvalue weighted by atomic mass is 35.5. The zero-order valence-corrected chi connectivity index (χ0v) is 12.5. The summed E-state index contributed by atoms with van der Waals surface area (Å²) in [5.41, 5.74) is 1.15. The van der Waals surface area contributed by atoms with Crippen molar-refractivity contribution < 1.29 is 9.13 Å². The van der Waals surface area contributed by atoms with E-state index in [9.17, 15) is 4.39 Å². The van der Waals surface area contributed by atoms with Crippen molar-refractivity contribution in [1.82, 2.24) is 9.97 Å². The maximum absolute atomic E-state index is 12.9. The lowest BCUT2D eigenvalue weighted by atomic mass is 10.1. The van der Waals surface area contributed by atoms with Crippen LogP contribution in [0.4, 0.5) is 4.39 Å². The lowest BCUT2D eigenvalue weighted by Gasteiger charge is -2.13. The molecule has 1 atom stereocenters. The molecular formula is C14H13Cl2FN2O. The molecule has 1 aromatic heterocycles. The fourth-order valence-electron chi connectivity index (χ4n) is 1.78. The largest absolute Gasteiger partial charge is 0.371 e. The molecule has 0 N–H and O–H groups in total. The first kappa shape index (κ1) is 15.2. The van der Waals surface area contributed by atoms with Gasteiger partial charge in [0.25, 0.3) is 0 Å². The van der Waals surface area contributed by atoms with E-state index in [-0.39, 0.29) is 22.2 Å². The summed E-state index contributed by atoms with van der Waals surface area (Å²) in [6, 6.07) is 5.83. The van der Waals surface area contributed by atoms with E-state index in [1.165, 1.54) is 12.1 Å². The summed E-state index contributed by atoms with van der Waals surface area (Å²) >= 11 is 12.3. The lowest BCUT2D eigenvalue weighted by molar-refractivity contribution is 0.0701. The van der Waals surface area contributed by atoms with Crippen molar-refractivity contribution in [2.24, 2.45) is 0 Å². The van der Waals surface area contributed by atoms with Crippen LogP contribution in [0.5, 0.6) is 0 Å².